The molecule has 0 saturated heterocycles. The third-order valence-electron chi connectivity index (χ3n) is 3.61. The summed E-state index contributed by atoms with van der Waals surface area (Å²) in [4.78, 5) is -0.250. The summed E-state index contributed by atoms with van der Waals surface area (Å²) in [7, 11) is -3.94. The topological polar surface area (TPSA) is 98.2 Å². The van der Waals surface area contributed by atoms with Crippen molar-refractivity contribution in [2.24, 2.45) is 5.92 Å². The Morgan fingerprint density at radius 1 is 1.29 bits per heavy atom. The van der Waals surface area contributed by atoms with Crippen LogP contribution in [0.4, 0.5) is 19.0 Å². The molecule has 10 heteroatoms. The van der Waals surface area contributed by atoms with Crippen LogP contribution in [0.1, 0.15) is 31.4 Å². The van der Waals surface area contributed by atoms with Gasteiger partial charge in [-0.25, -0.2) is 13.1 Å². The second-order valence-corrected chi connectivity index (χ2v) is 6.82. The van der Waals surface area contributed by atoms with Crippen LogP contribution >= 0.6 is 0 Å². The summed E-state index contributed by atoms with van der Waals surface area (Å²) < 4.78 is 69.1. The van der Waals surface area contributed by atoms with Gasteiger partial charge in [-0.1, -0.05) is 5.16 Å². The number of rotatable bonds is 3. The zero-order valence-corrected chi connectivity index (χ0v) is 12.1. The number of anilines is 1. The van der Waals surface area contributed by atoms with E-state index in [4.69, 9.17) is 5.73 Å². The van der Waals surface area contributed by atoms with Gasteiger partial charge in [0.05, 0.1) is 5.92 Å². The van der Waals surface area contributed by atoms with Crippen molar-refractivity contribution >= 4 is 15.8 Å². The quantitative estimate of drug-likeness (QED) is 0.884. The van der Waals surface area contributed by atoms with E-state index >= 15 is 0 Å². The predicted molar refractivity (Wildman–Crippen MR) is 67.8 cm³/mol. The lowest BCUT2D eigenvalue weighted by Gasteiger charge is -2.30. The first-order chi connectivity index (χ1) is 9.61. The lowest BCUT2D eigenvalue weighted by atomic mass is 9.86. The molecule has 0 aromatic carbocycles. The Bertz CT molecular complexity index is 584. The SMILES string of the molecule is Cc1onc(N)c1S(=O)(=O)NC1CCC(C(F)(F)F)CC1. The molecule has 1 aromatic rings. The highest BCUT2D eigenvalue weighted by Gasteiger charge is 2.42. The molecule has 0 atom stereocenters. The Morgan fingerprint density at radius 3 is 2.29 bits per heavy atom. The minimum atomic E-state index is -4.22. The van der Waals surface area contributed by atoms with Gasteiger partial charge in [-0.3, -0.25) is 0 Å². The third-order valence-corrected chi connectivity index (χ3v) is 5.29. The molecule has 0 spiro atoms. The van der Waals surface area contributed by atoms with Crippen LogP contribution in [-0.2, 0) is 10.0 Å². The molecule has 1 heterocycles. The molecule has 1 saturated carbocycles. The van der Waals surface area contributed by atoms with Crippen molar-refractivity contribution in [3.8, 4) is 0 Å². The van der Waals surface area contributed by atoms with E-state index in [0.29, 0.717) is 0 Å². The third kappa shape index (κ3) is 3.49. The van der Waals surface area contributed by atoms with Crippen molar-refractivity contribution in [1.29, 1.82) is 0 Å². The molecule has 0 aliphatic heterocycles. The minimum Gasteiger partial charge on any atom is -0.380 e. The standard InChI is InChI=1S/C11H16F3N3O3S/c1-6-9(10(15)16-20-6)21(18,19)17-8-4-2-7(3-5-8)11(12,13)14/h7-8,17H,2-5H2,1H3,(H2,15,16). The van der Waals surface area contributed by atoms with Crippen LogP contribution in [0.15, 0.2) is 9.42 Å². The first kappa shape index (κ1) is 16.1. The van der Waals surface area contributed by atoms with Gasteiger partial charge in [0.15, 0.2) is 16.5 Å². The first-order valence-corrected chi connectivity index (χ1v) is 7.90. The van der Waals surface area contributed by atoms with Crippen molar-refractivity contribution in [2.45, 2.75) is 49.7 Å². The van der Waals surface area contributed by atoms with E-state index in [1.54, 1.807) is 0 Å². The summed E-state index contributed by atoms with van der Waals surface area (Å²) in [6, 6.07) is -0.540. The number of nitrogen functional groups attached to an aromatic ring is 1. The number of halogens is 3. The molecule has 1 aliphatic rings. The first-order valence-electron chi connectivity index (χ1n) is 6.42. The molecule has 6 nitrogen and oxygen atoms in total. The van der Waals surface area contributed by atoms with Gasteiger partial charge in [0.2, 0.25) is 10.0 Å². The van der Waals surface area contributed by atoms with Crippen molar-refractivity contribution in [3.63, 3.8) is 0 Å². The predicted octanol–water partition coefficient (Wildman–Crippen LogP) is 1.96. The number of hydrogen-bond donors (Lipinski definition) is 2. The van der Waals surface area contributed by atoms with Crippen molar-refractivity contribution in [1.82, 2.24) is 9.88 Å². The van der Waals surface area contributed by atoms with E-state index in [9.17, 15) is 21.6 Å². The molecular weight excluding hydrogens is 311 g/mol. The minimum absolute atomic E-state index is 0.0453. The Balaban J connectivity index is 2.04. The highest BCUT2D eigenvalue weighted by molar-refractivity contribution is 7.89. The number of nitrogens with two attached hydrogens (primary N) is 1. The molecule has 0 amide bonds. The van der Waals surface area contributed by atoms with Crippen LogP contribution < -0.4 is 10.5 Å². The average Bonchev–Trinajstić information content (AvgIpc) is 2.68. The van der Waals surface area contributed by atoms with Crippen LogP contribution in [0, 0.1) is 12.8 Å². The molecule has 120 valence electrons. The van der Waals surface area contributed by atoms with Gasteiger partial charge in [0.25, 0.3) is 0 Å². The van der Waals surface area contributed by atoms with Crippen molar-refractivity contribution in [3.05, 3.63) is 5.76 Å². The number of aryl methyl sites for hydroxylation is 1. The second kappa shape index (κ2) is 5.48. The fraction of sp³-hybridized carbons (Fsp3) is 0.727. The highest BCUT2D eigenvalue weighted by atomic mass is 32.2. The van der Waals surface area contributed by atoms with E-state index in [2.05, 4.69) is 14.4 Å². The Hall–Kier alpha value is -1.29. The smallest absolute Gasteiger partial charge is 0.380 e. The maximum atomic E-state index is 12.6. The van der Waals surface area contributed by atoms with E-state index in [0.717, 1.165) is 0 Å². The number of alkyl halides is 3. The summed E-state index contributed by atoms with van der Waals surface area (Å²) in [5.74, 6) is -1.58. The molecule has 2 rings (SSSR count). The van der Waals surface area contributed by atoms with Gasteiger partial charge < -0.3 is 10.3 Å². The largest absolute Gasteiger partial charge is 0.391 e. The summed E-state index contributed by atoms with van der Waals surface area (Å²) in [6.07, 6.45) is -4.13. The van der Waals surface area contributed by atoms with Gasteiger partial charge in [0.1, 0.15) is 0 Å². The molecule has 1 aromatic heterocycles. The molecule has 0 radical (unpaired) electrons. The van der Waals surface area contributed by atoms with Crippen LogP contribution in [0.5, 0.6) is 0 Å². The van der Waals surface area contributed by atoms with Gasteiger partial charge in [-0.2, -0.15) is 13.2 Å². The molecule has 3 N–H and O–H groups in total. The number of nitrogens with one attached hydrogen (secondary N) is 1. The maximum absolute atomic E-state index is 12.6. The summed E-state index contributed by atoms with van der Waals surface area (Å²) in [5.41, 5.74) is 5.44. The zero-order valence-electron chi connectivity index (χ0n) is 11.3. The number of hydrogen-bond acceptors (Lipinski definition) is 5. The van der Waals surface area contributed by atoms with Crippen LogP contribution in [0.2, 0.25) is 0 Å². The highest BCUT2D eigenvalue weighted by Crippen LogP contribution is 2.37. The van der Waals surface area contributed by atoms with Gasteiger partial charge in [0, 0.05) is 6.04 Å². The van der Waals surface area contributed by atoms with Gasteiger partial charge >= 0.3 is 6.18 Å². The van der Waals surface area contributed by atoms with E-state index in [1.807, 2.05) is 0 Å². The average molecular weight is 327 g/mol. The van der Waals surface area contributed by atoms with E-state index in [1.165, 1.54) is 6.92 Å². The molecular formula is C11H16F3N3O3S. The molecule has 0 bridgehead atoms. The Morgan fingerprint density at radius 2 is 1.86 bits per heavy atom. The maximum Gasteiger partial charge on any atom is 0.391 e. The van der Waals surface area contributed by atoms with Crippen LogP contribution in [-0.4, -0.2) is 25.8 Å². The van der Waals surface area contributed by atoms with Crippen molar-refractivity contribution < 1.29 is 26.1 Å². The fourth-order valence-electron chi connectivity index (χ4n) is 2.52. The lowest BCUT2D eigenvalue weighted by molar-refractivity contribution is -0.182. The summed E-state index contributed by atoms with van der Waals surface area (Å²) in [6.45, 7) is 1.40. The lowest BCUT2D eigenvalue weighted by Crippen LogP contribution is -2.40. The monoisotopic (exact) mass is 327 g/mol. The van der Waals surface area contributed by atoms with Crippen LogP contribution in [0.3, 0.4) is 0 Å². The number of sulfonamides is 1. The molecule has 0 unspecified atom stereocenters. The Labute approximate surface area is 119 Å². The summed E-state index contributed by atoms with van der Waals surface area (Å²) in [5, 5.41) is 3.35. The van der Waals surface area contributed by atoms with E-state index in [-0.39, 0.29) is 42.2 Å². The van der Waals surface area contributed by atoms with Gasteiger partial charge in [-0.15, -0.1) is 0 Å². The Kier molecular flexibility index (Phi) is 4.20. The zero-order chi connectivity index (χ0) is 15.8. The number of nitrogens with zero attached hydrogens (tertiary/aromatic N) is 1. The van der Waals surface area contributed by atoms with Gasteiger partial charge in [-0.05, 0) is 32.6 Å². The fourth-order valence-corrected chi connectivity index (χ4v) is 4.05. The van der Waals surface area contributed by atoms with Crippen molar-refractivity contribution in [2.75, 3.05) is 5.73 Å². The molecule has 1 fully saturated rings. The summed E-state index contributed by atoms with van der Waals surface area (Å²) >= 11 is 0. The van der Waals surface area contributed by atoms with E-state index < -0.39 is 28.2 Å². The number of aromatic nitrogens is 1. The normalized spacial score (nSPS) is 24.2. The molecule has 1 aliphatic carbocycles. The van der Waals surface area contributed by atoms with Crippen LogP contribution in [0.25, 0.3) is 0 Å². The molecule has 21 heavy (non-hydrogen) atoms. The second-order valence-electron chi connectivity index (χ2n) is 5.16.